The van der Waals surface area contributed by atoms with Crippen molar-refractivity contribution >= 4 is 29.1 Å². The van der Waals surface area contributed by atoms with Gasteiger partial charge in [0.1, 0.15) is 6.42 Å². The summed E-state index contributed by atoms with van der Waals surface area (Å²) >= 11 is 5.94. The minimum atomic E-state index is -0.999. The molecular weight excluding hydrogens is 306 g/mol. The monoisotopic (exact) mass is 319 g/mol. The van der Waals surface area contributed by atoms with Gasteiger partial charge in [0.25, 0.3) is 0 Å². The number of ether oxygens (including phenoxy) is 2. The lowest BCUT2D eigenvalue weighted by atomic mass is 9.93. The zero-order chi connectivity index (χ0) is 15.3. The van der Waals surface area contributed by atoms with Crippen LogP contribution in [0.25, 0.3) is 5.57 Å². The summed E-state index contributed by atoms with van der Waals surface area (Å²) in [6, 6.07) is 7.59. The van der Waals surface area contributed by atoms with Gasteiger partial charge < -0.3 is 9.47 Å². The van der Waals surface area contributed by atoms with E-state index in [4.69, 9.17) is 21.1 Å². The number of halogens is 1. The van der Waals surface area contributed by atoms with Gasteiger partial charge in [0.05, 0.1) is 0 Å². The van der Waals surface area contributed by atoms with Crippen LogP contribution in [0.3, 0.4) is 0 Å². The Hall–Kier alpha value is -1.85. The van der Waals surface area contributed by atoms with E-state index in [2.05, 4.69) is 5.32 Å². The zero-order valence-corrected chi connectivity index (χ0v) is 12.5. The Balaban J connectivity index is 1.87. The van der Waals surface area contributed by atoms with Gasteiger partial charge in [0.15, 0.2) is 5.76 Å². The van der Waals surface area contributed by atoms with Crippen LogP contribution in [0.2, 0.25) is 5.02 Å². The number of rotatable bonds is 1. The van der Waals surface area contributed by atoms with Crippen LogP contribution >= 0.6 is 11.6 Å². The van der Waals surface area contributed by atoms with Gasteiger partial charge in [-0.3, -0.25) is 14.9 Å². The van der Waals surface area contributed by atoms with Gasteiger partial charge in [0, 0.05) is 23.1 Å². The predicted molar refractivity (Wildman–Crippen MR) is 78.7 cm³/mol. The molecule has 1 aromatic carbocycles. The highest BCUT2D eigenvalue weighted by atomic mass is 35.5. The molecule has 2 atom stereocenters. The summed E-state index contributed by atoms with van der Waals surface area (Å²) in [6.45, 7) is 0. The Labute approximate surface area is 132 Å². The predicted octanol–water partition coefficient (Wildman–Crippen LogP) is 2.39. The summed E-state index contributed by atoms with van der Waals surface area (Å²) in [5.41, 5.74) is 0.838. The van der Waals surface area contributed by atoms with Crippen LogP contribution < -0.4 is 5.32 Å². The minimum absolute atomic E-state index is 0.207. The summed E-state index contributed by atoms with van der Waals surface area (Å²) in [4.78, 5) is 23.7. The molecule has 2 saturated heterocycles. The van der Waals surface area contributed by atoms with Crippen molar-refractivity contribution in [3.05, 3.63) is 40.6 Å². The van der Waals surface area contributed by atoms with Crippen molar-refractivity contribution in [3.8, 4) is 0 Å². The molecule has 1 spiro atoms. The first-order valence-electron chi connectivity index (χ1n) is 7.25. The number of hydrogen-bond donors (Lipinski definition) is 1. The summed E-state index contributed by atoms with van der Waals surface area (Å²) in [6.07, 6.45) is 1.85. The standard InChI is InChI=1S/C16H14ClNO4/c17-10-3-1-9(2-4-10)12-7-11-5-6-16(18-11)15(12)21-13(19)8-14(20)22-16/h1-4,11,18H,5-8H2. The third-order valence-corrected chi connectivity index (χ3v) is 4.61. The Bertz CT molecular complexity index is 697. The molecule has 22 heavy (non-hydrogen) atoms. The molecule has 3 aliphatic rings. The molecule has 0 amide bonds. The number of carbonyl (C=O) groups is 2. The lowest BCUT2D eigenvalue weighted by Crippen LogP contribution is -2.51. The molecule has 2 unspecified atom stereocenters. The number of fused-ring (bicyclic) bond motifs is 1. The average molecular weight is 320 g/mol. The first-order valence-corrected chi connectivity index (χ1v) is 7.63. The second-order valence-corrected chi connectivity index (χ2v) is 6.29. The average Bonchev–Trinajstić information content (AvgIpc) is 2.74. The van der Waals surface area contributed by atoms with E-state index >= 15 is 0 Å². The third-order valence-electron chi connectivity index (χ3n) is 4.36. The van der Waals surface area contributed by atoms with Gasteiger partial charge in [-0.15, -0.1) is 0 Å². The van der Waals surface area contributed by atoms with E-state index in [0.717, 1.165) is 24.0 Å². The molecule has 6 heteroatoms. The molecule has 0 aliphatic carbocycles. The molecule has 0 saturated carbocycles. The Kier molecular flexibility index (Phi) is 3.03. The quantitative estimate of drug-likeness (QED) is 0.636. The Morgan fingerprint density at radius 3 is 2.73 bits per heavy atom. The fraction of sp³-hybridized carbons (Fsp3) is 0.375. The molecule has 1 aromatic rings. The fourth-order valence-corrected chi connectivity index (χ4v) is 3.56. The molecule has 114 valence electrons. The van der Waals surface area contributed by atoms with Crippen LogP contribution in [0.1, 0.15) is 31.2 Å². The van der Waals surface area contributed by atoms with Crippen LogP contribution in [-0.2, 0) is 19.1 Å². The SMILES string of the molecule is O=C1CC(=O)OC23CCC(CC(c4ccc(Cl)cc4)=C2O1)N3. The van der Waals surface area contributed by atoms with Crippen molar-refractivity contribution < 1.29 is 19.1 Å². The molecule has 4 rings (SSSR count). The van der Waals surface area contributed by atoms with E-state index in [0.29, 0.717) is 17.2 Å². The number of carbonyl (C=O) groups excluding carboxylic acids is 2. The minimum Gasteiger partial charge on any atom is -0.436 e. The molecule has 0 aromatic heterocycles. The van der Waals surface area contributed by atoms with Crippen LogP contribution in [0.5, 0.6) is 0 Å². The third kappa shape index (κ3) is 2.12. The summed E-state index contributed by atoms with van der Waals surface area (Å²) < 4.78 is 11.1. The van der Waals surface area contributed by atoms with Gasteiger partial charge in [-0.1, -0.05) is 23.7 Å². The number of benzene rings is 1. The van der Waals surface area contributed by atoms with Gasteiger partial charge in [-0.2, -0.15) is 0 Å². The molecule has 3 aliphatic heterocycles. The first-order chi connectivity index (χ1) is 10.6. The van der Waals surface area contributed by atoms with Crippen LogP contribution in [0.15, 0.2) is 30.0 Å². The van der Waals surface area contributed by atoms with E-state index in [1.54, 1.807) is 12.1 Å². The van der Waals surface area contributed by atoms with Crippen molar-refractivity contribution in [1.29, 1.82) is 0 Å². The maximum Gasteiger partial charge on any atom is 0.322 e. The molecule has 3 heterocycles. The topological polar surface area (TPSA) is 64.6 Å². The second-order valence-electron chi connectivity index (χ2n) is 5.85. The number of hydrogen-bond acceptors (Lipinski definition) is 5. The van der Waals surface area contributed by atoms with Crippen molar-refractivity contribution in [3.63, 3.8) is 0 Å². The van der Waals surface area contributed by atoms with Crippen molar-refractivity contribution in [2.75, 3.05) is 0 Å². The molecule has 0 radical (unpaired) electrons. The Morgan fingerprint density at radius 2 is 1.95 bits per heavy atom. The summed E-state index contributed by atoms with van der Waals surface area (Å²) in [5, 5.41) is 3.95. The second kappa shape index (κ2) is 4.83. The van der Waals surface area contributed by atoms with E-state index in [9.17, 15) is 9.59 Å². The first kappa shape index (κ1) is 13.8. The number of esters is 2. The summed E-state index contributed by atoms with van der Waals surface area (Å²) in [5.74, 6) is -0.694. The van der Waals surface area contributed by atoms with Gasteiger partial charge >= 0.3 is 11.9 Å². The van der Waals surface area contributed by atoms with Crippen molar-refractivity contribution in [2.24, 2.45) is 0 Å². The van der Waals surface area contributed by atoms with Crippen molar-refractivity contribution in [2.45, 2.75) is 37.5 Å². The summed E-state index contributed by atoms with van der Waals surface area (Å²) in [7, 11) is 0. The van der Waals surface area contributed by atoms with E-state index in [-0.39, 0.29) is 12.5 Å². The maximum absolute atomic E-state index is 11.8. The molecule has 2 bridgehead atoms. The largest absolute Gasteiger partial charge is 0.436 e. The lowest BCUT2D eigenvalue weighted by Gasteiger charge is -2.35. The van der Waals surface area contributed by atoms with Crippen molar-refractivity contribution in [1.82, 2.24) is 5.32 Å². The Morgan fingerprint density at radius 1 is 1.18 bits per heavy atom. The normalized spacial score (nSPS) is 30.5. The molecule has 2 fully saturated rings. The highest BCUT2D eigenvalue weighted by Crippen LogP contribution is 2.46. The zero-order valence-electron chi connectivity index (χ0n) is 11.7. The van der Waals surface area contributed by atoms with Gasteiger partial charge in [0.2, 0.25) is 5.72 Å². The highest BCUT2D eigenvalue weighted by molar-refractivity contribution is 6.30. The molecule has 1 N–H and O–H groups in total. The molecule has 5 nitrogen and oxygen atoms in total. The van der Waals surface area contributed by atoms with Gasteiger partial charge in [-0.25, -0.2) is 0 Å². The maximum atomic E-state index is 11.8. The number of nitrogens with one attached hydrogen (secondary N) is 1. The molecular formula is C16H14ClNO4. The van der Waals surface area contributed by atoms with Gasteiger partial charge in [-0.05, 0) is 30.5 Å². The van der Waals surface area contributed by atoms with Crippen LogP contribution in [0, 0.1) is 0 Å². The van der Waals surface area contributed by atoms with E-state index < -0.39 is 17.7 Å². The smallest absolute Gasteiger partial charge is 0.322 e. The highest BCUT2D eigenvalue weighted by Gasteiger charge is 2.53. The van der Waals surface area contributed by atoms with Crippen LogP contribution in [-0.4, -0.2) is 23.7 Å². The van der Waals surface area contributed by atoms with E-state index in [1.165, 1.54) is 0 Å². The lowest BCUT2D eigenvalue weighted by molar-refractivity contribution is -0.157. The van der Waals surface area contributed by atoms with E-state index in [1.807, 2.05) is 12.1 Å². The fourth-order valence-electron chi connectivity index (χ4n) is 3.44. The van der Waals surface area contributed by atoms with Crippen LogP contribution in [0.4, 0.5) is 0 Å².